The Morgan fingerprint density at radius 3 is 2.17 bits per heavy atom. The summed E-state index contributed by atoms with van der Waals surface area (Å²) in [4.78, 5) is 8.93. The monoisotopic (exact) mass is 251 g/mol. The van der Waals surface area contributed by atoms with Crippen molar-refractivity contribution in [3.8, 4) is 0 Å². The second-order valence-corrected chi connectivity index (χ2v) is 4.86. The van der Waals surface area contributed by atoms with Crippen LogP contribution in [0.1, 0.15) is 51.9 Å². The van der Waals surface area contributed by atoms with Crippen molar-refractivity contribution in [2.75, 3.05) is 7.11 Å². The zero-order valence-electron chi connectivity index (χ0n) is 12.2. The van der Waals surface area contributed by atoms with Crippen LogP contribution in [0.15, 0.2) is 12.4 Å². The zero-order chi connectivity index (χ0) is 13.6. The summed E-state index contributed by atoms with van der Waals surface area (Å²) >= 11 is 0. The standard InChI is InChI=1S/C14H25N3O/c1-6-14(7-2,18-5)13-16-9-12(10-17-13)8-15-11(3)4/h9-11,15H,6-8H2,1-5H3. The quantitative estimate of drug-likeness (QED) is 0.809. The number of nitrogens with zero attached hydrogens (tertiary/aromatic N) is 2. The average molecular weight is 251 g/mol. The maximum absolute atomic E-state index is 5.62. The van der Waals surface area contributed by atoms with E-state index in [1.165, 1.54) is 0 Å². The van der Waals surface area contributed by atoms with Crippen molar-refractivity contribution >= 4 is 0 Å². The van der Waals surface area contributed by atoms with Crippen LogP contribution in [0, 0.1) is 0 Å². The fourth-order valence-corrected chi connectivity index (χ4v) is 1.95. The summed E-state index contributed by atoms with van der Waals surface area (Å²) in [6.07, 6.45) is 5.53. The van der Waals surface area contributed by atoms with Gasteiger partial charge in [-0.15, -0.1) is 0 Å². The van der Waals surface area contributed by atoms with Crippen molar-refractivity contribution in [2.24, 2.45) is 0 Å². The van der Waals surface area contributed by atoms with Crippen LogP contribution in [0.25, 0.3) is 0 Å². The summed E-state index contributed by atoms with van der Waals surface area (Å²) in [5, 5.41) is 3.35. The van der Waals surface area contributed by atoms with E-state index in [1.807, 2.05) is 12.4 Å². The van der Waals surface area contributed by atoms with E-state index in [0.717, 1.165) is 30.8 Å². The van der Waals surface area contributed by atoms with Gasteiger partial charge in [-0.1, -0.05) is 27.7 Å². The molecule has 1 heterocycles. The molecule has 0 aliphatic rings. The Morgan fingerprint density at radius 2 is 1.78 bits per heavy atom. The first-order valence-electron chi connectivity index (χ1n) is 6.68. The molecule has 0 atom stereocenters. The Kier molecular flexibility index (Phi) is 5.69. The fourth-order valence-electron chi connectivity index (χ4n) is 1.95. The molecule has 0 aliphatic heterocycles. The lowest BCUT2D eigenvalue weighted by Gasteiger charge is -2.28. The van der Waals surface area contributed by atoms with E-state index in [2.05, 4.69) is 43.0 Å². The second kappa shape index (κ2) is 6.81. The highest BCUT2D eigenvalue weighted by atomic mass is 16.5. The lowest BCUT2D eigenvalue weighted by atomic mass is 9.96. The minimum atomic E-state index is -0.343. The lowest BCUT2D eigenvalue weighted by Crippen LogP contribution is -2.29. The smallest absolute Gasteiger partial charge is 0.160 e. The normalized spacial score (nSPS) is 12.1. The molecule has 0 radical (unpaired) electrons. The van der Waals surface area contributed by atoms with Crippen LogP contribution in [-0.2, 0) is 16.9 Å². The van der Waals surface area contributed by atoms with Gasteiger partial charge in [0.1, 0.15) is 5.60 Å². The summed E-state index contributed by atoms with van der Waals surface area (Å²) in [6, 6.07) is 0.467. The van der Waals surface area contributed by atoms with Gasteiger partial charge < -0.3 is 10.1 Å². The van der Waals surface area contributed by atoms with E-state index >= 15 is 0 Å². The van der Waals surface area contributed by atoms with Gasteiger partial charge in [0.15, 0.2) is 5.82 Å². The first-order chi connectivity index (χ1) is 8.57. The van der Waals surface area contributed by atoms with Gasteiger partial charge in [-0.3, -0.25) is 0 Å². The number of hydrogen-bond donors (Lipinski definition) is 1. The third-order valence-corrected chi connectivity index (χ3v) is 3.36. The largest absolute Gasteiger partial charge is 0.370 e. The van der Waals surface area contributed by atoms with E-state index in [9.17, 15) is 0 Å². The van der Waals surface area contributed by atoms with Gasteiger partial charge in [-0.2, -0.15) is 0 Å². The maximum atomic E-state index is 5.62. The Bertz CT molecular complexity index is 336. The Morgan fingerprint density at radius 1 is 1.22 bits per heavy atom. The Balaban J connectivity index is 2.81. The summed E-state index contributed by atoms with van der Waals surface area (Å²) in [6.45, 7) is 9.25. The summed E-state index contributed by atoms with van der Waals surface area (Å²) < 4.78 is 5.62. The zero-order valence-corrected chi connectivity index (χ0v) is 12.2. The predicted molar refractivity (Wildman–Crippen MR) is 73.3 cm³/mol. The molecule has 1 aromatic heterocycles. The molecule has 0 saturated carbocycles. The SMILES string of the molecule is CCC(CC)(OC)c1ncc(CNC(C)C)cn1. The molecule has 0 spiro atoms. The van der Waals surface area contributed by atoms with E-state index in [1.54, 1.807) is 7.11 Å². The van der Waals surface area contributed by atoms with E-state index in [4.69, 9.17) is 4.74 Å². The molecule has 4 nitrogen and oxygen atoms in total. The highest BCUT2D eigenvalue weighted by Gasteiger charge is 2.30. The van der Waals surface area contributed by atoms with Gasteiger partial charge >= 0.3 is 0 Å². The van der Waals surface area contributed by atoms with Crippen molar-refractivity contribution in [2.45, 2.75) is 58.7 Å². The van der Waals surface area contributed by atoms with Gasteiger partial charge in [-0.25, -0.2) is 9.97 Å². The lowest BCUT2D eigenvalue weighted by molar-refractivity contribution is -0.0292. The molecule has 1 N–H and O–H groups in total. The molecule has 18 heavy (non-hydrogen) atoms. The molecule has 0 unspecified atom stereocenters. The van der Waals surface area contributed by atoms with Crippen LogP contribution in [0.4, 0.5) is 0 Å². The highest BCUT2D eigenvalue weighted by Crippen LogP contribution is 2.29. The molecule has 0 aliphatic carbocycles. The molecule has 102 valence electrons. The van der Waals surface area contributed by atoms with Crippen LogP contribution in [0.2, 0.25) is 0 Å². The van der Waals surface area contributed by atoms with Gasteiger partial charge in [0.25, 0.3) is 0 Å². The molecule has 4 heteroatoms. The number of rotatable bonds is 7. The third-order valence-electron chi connectivity index (χ3n) is 3.36. The number of ether oxygens (including phenoxy) is 1. The van der Waals surface area contributed by atoms with Crippen LogP contribution >= 0.6 is 0 Å². The number of nitrogens with one attached hydrogen (secondary N) is 1. The van der Waals surface area contributed by atoms with Crippen LogP contribution < -0.4 is 5.32 Å². The first-order valence-corrected chi connectivity index (χ1v) is 6.68. The fraction of sp³-hybridized carbons (Fsp3) is 0.714. The van der Waals surface area contributed by atoms with Crippen molar-refractivity contribution in [1.82, 2.24) is 15.3 Å². The number of hydrogen-bond acceptors (Lipinski definition) is 4. The Labute approximate surface area is 110 Å². The molecule has 1 rings (SSSR count). The summed E-state index contributed by atoms with van der Waals surface area (Å²) in [7, 11) is 1.73. The van der Waals surface area contributed by atoms with Crippen LogP contribution in [0.5, 0.6) is 0 Å². The van der Waals surface area contributed by atoms with Gasteiger partial charge in [-0.05, 0) is 12.8 Å². The van der Waals surface area contributed by atoms with Crippen molar-refractivity contribution in [3.63, 3.8) is 0 Å². The first kappa shape index (κ1) is 15.1. The average Bonchev–Trinajstić information content (AvgIpc) is 2.40. The van der Waals surface area contributed by atoms with Crippen molar-refractivity contribution in [3.05, 3.63) is 23.8 Å². The summed E-state index contributed by atoms with van der Waals surface area (Å²) in [5.74, 6) is 0.781. The topological polar surface area (TPSA) is 47.0 Å². The predicted octanol–water partition coefficient (Wildman–Crippen LogP) is 2.64. The van der Waals surface area contributed by atoms with Crippen LogP contribution in [-0.4, -0.2) is 23.1 Å². The molecule has 0 saturated heterocycles. The number of methoxy groups -OCH3 is 1. The van der Waals surface area contributed by atoms with E-state index < -0.39 is 0 Å². The molecule has 0 aromatic carbocycles. The van der Waals surface area contributed by atoms with Crippen molar-refractivity contribution in [1.29, 1.82) is 0 Å². The minimum absolute atomic E-state index is 0.343. The third kappa shape index (κ3) is 3.50. The van der Waals surface area contributed by atoms with Crippen molar-refractivity contribution < 1.29 is 4.74 Å². The highest BCUT2D eigenvalue weighted by molar-refractivity contribution is 5.09. The Hall–Kier alpha value is -1.00. The molecule has 0 bridgehead atoms. The molecule has 0 amide bonds. The van der Waals surface area contributed by atoms with E-state index in [0.29, 0.717) is 6.04 Å². The summed E-state index contributed by atoms with van der Waals surface area (Å²) in [5.41, 5.74) is 0.758. The van der Waals surface area contributed by atoms with Crippen LogP contribution in [0.3, 0.4) is 0 Å². The second-order valence-electron chi connectivity index (χ2n) is 4.86. The van der Waals surface area contributed by atoms with Gasteiger partial charge in [0.05, 0.1) is 0 Å². The molecular formula is C14H25N3O. The van der Waals surface area contributed by atoms with Gasteiger partial charge in [0.2, 0.25) is 0 Å². The molecule has 0 fully saturated rings. The van der Waals surface area contributed by atoms with E-state index in [-0.39, 0.29) is 5.60 Å². The number of aromatic nitrogens is 2. The van der Waals surface area contributed by atoms with Gasteiger partial charge in [0, 0.05) is 37.7 Å². The molecule has 1 aromatic rings. The maximum Gasteiger partial charge on any atom is 0.160 e. The molecular weight excluding hydrogens is 226 g/mol. The minimum Gasteiger partial charge on any atom is -0.370 e.